The first-order valence-corrected chi connectivity index (χ1v) is 23.5. The van der Waals surface area contributed by atoms with Gasteiger partial charge in [0.25, 0.3) is 0 Å². The monoisotopic (exact) mass is 846 g/mol. The summed E-state index contributed by atoms with van der Waals surface area (Å²) in [6.07, 6.45) is 23.8. The van der Waals surface area contributed by atoms with Crippen LogP contribution in [0.15, 0.2) is 107 Å². The molecule has 0 aliphatic heterocycles. The van der Waals surface area contributed by atoms with Crippen LogP contribution in [0.2, 0.25) is 0 Å². The third kappa shape index (κ3) is 21.4. The summed E-state index contributed by atoms with van der Waals surface area (Å²) in [6, 6.07) is 27.5. The number of ether oxygens (including phenoxy) is 2. The quantitative estimate of drug-likeness (QED) is 0.0346. The van der Waals surface area contributed by atoms with E-state index < -0.39 is 20.2 Å². The summed E-state index contributed by atoms with van der Waals surface area (Å²) >= 11 is 0. The zero-order valence-corrected chi connectivity index (χ0v) is 38.0. The van der Waals surface area contributed by atoms with Crippen LogP contribution in [-0.4, -0.2) is 63.7 Å². The molecule has 0 heterocycles. The number of benzene rings is 4. The molecule has 0 aromatic heterocycles. The Hall–Kier alpha value is -2.44. The molecule has 0 unspecified atom stereocenters. The van der Waals surface area contributed by atoms with Gasteiger partial charge >= 0.3 is 37.7 Å². The van der Waals surface area contributed by atoms with E-state index in [1.807, 2.05) is 24.3 Å². The Labute approximate surface area is 373 Å². The van der Waals surface area contributed by atoms with E-state index in [-0.39, 0.29) is 59.0 Å². The Bertz CT molecular complexity index is 1750. The third-order valence-corrected chi connectivity index (χ3v) is 11.4. The van der Waals surface area contributed by atoms with Gasteiger partial charge in [-0.15, -0.1) is 0 Å². The number of hydrogen-bond donors (Lipinski definition) is 0. The summed E-state index contributed by atoms with van der Waals surface area (Å²) in [6.45, 7) is 4.45. The Morgan fingerprint density at radius 3 is 1.02 bits per heavy atom. The predicted molar refractivity (Wildman–Crippen MR) is 229 cm³/mol. The first kappa shape index (κ1) is 50.7. The van der Waals surface area contributed by atoms with Gasteiger partial charge in [0.2, 0.25) is 0 Å². The van der Waals surface area contributed by atoms with Crippen LogP contribution in [0.1, 0.15) is 141 Å². The molecule has 0 aliphatic rings. The summed E-state index contributed by atoms with van der Waals surface area (Å²) < 4.78 is 81.3. The van der Waals surface area contributed by atoms with Gasteiger partial charge in [-0.3, -0.25) is 0 Å². The maximum atomic E-state index is 11.7. The van der Waals surface area contributed by atoms with Gasteiger partial charge in [0.05, 0.1) is 9.79 Å². The van der Waals surface area contributed by atoms with Crippen LogP contribution in [-0.2, 0) is 33.1 Å². The zero-order valence-electron chi connectivity index (χ0n) is 34.2. The third-order valence-electron chi connectivity index (χ3n) is 9.63. The number of rotatable bonds is 26. The molecule has 0 fully saturated rings. The molecular weight excluding hydrogens is 785 g/mol. The summed E-state index contributed by atoms with van der Waals surface area (Å²) in [7, 11) is -9.20. The van der Waals surface area contributed by atoms with Crippen molar-refractivity contribution in [1.82, 2.24) is 0 Å². The Balaban J connectivity index is 0.000000387. The summed E-state index contributed by atoms with van der Waals surface area (Å²) in [5, 5.41) is 0. The fourth-order valence-electron chi connectivity index (χ4n) is 6.49. The molecule has 0 N–H and O–H groups in total. The Kier molecular flexibility index (Phi) is 25.7. The number of aryl methyl sites for hydroxylation is 2. The van der Waals surface area contributed by atoms with E-state index in [0.29, 0.717) is 11.5 Å². The van der Waals surface area contributed by atoms with Crippen molar-refractivity contribution in [2.75, 3.05) is 0 Å². The molecule has 57 heavy (non-hydrogen) atoms. The standard InChI is InChI=1S/2C23H32O4S.Ca/c2*1-2-3-4-5-6-7-8-9-11-14-20-17-18-22(23(19-20)28(24,25)26)27-21-15-12-10-13-16-21;/h2*10,12-13,15-19H,2-9,11,14H2,1H3,(H,24,25,26);/q;;+2/p-2. The van der Waals surface area contributed by atoms with Gasteiger partial charge in [-0.1, -0.05) is 165 Å². The summed E-state index contributed by atoms with van der Waals surface area (Å²) in [4.78, 5) is -0.574. The maximum absolute atomic E-state index is 11.7. The molecule has 4 rings (SSSR count). The first-order chi connectivity index (χ1) is 27.0. The number of para-hydroxylation sites is 2. The molecule has 4 aromatic carbocycles. The van der Waals surface area contributed by atoms with Crippen LogP contribution in [0, 0.1) is 0 Å². The van der Waals surface area contributed by atoms with Crippen molar-refractivity contribution in [1.29, 1.82) is 0 Å². The summed E-state index contributed by atoms with van der Waals surface area (Å²) in [5.41, 5.74) is 1.72. The van der Waals surface area contributed by atoms with Crippen LogP contribution >= 0.6 is 0 Å². The second-order valence-electron chi connectivity index (χ2n) is 14.5. The van der Waals surface area contributed by atoms with Crippen molar-refractivity contribution in [2.24, 2.45) is 0 Å². The largest absolute Gasteiger partial charge is 2.00 e. The zero-order chi connectivity index (χ0) is 40.5. The Morgan fingerprint density at radius 1 is 0.421 bits per heavy atom. The van der Waals surface area contributed by atoms with E-state index in [1.165, 1.54) is 102 Å². The molecule has 0 radical (unpaired) electrons. The van der Waals surface area contributed by atoms with Crippen LogP contribution in [0.5, 0.6) is 23.0 Å². The van der Waals surface area contributed by atoms with Gasteiger partial charge in [-0.2, -0.15) is 0 Å². The van der Waals surface area contributed by atoms with E-state index in [9.17, 15) is 25.9 Å². The van der Waals surface area contributed by atoms with Crippen LogP contribution in [0.25, 0.3) is 0 Å². The van der Waals surface area contributed by atoms with Gasteiger partial charge in [-0.05, 0) is 85.3 Å². The molecule has 0 atom stereocenters. The minimum absolute atomic E-state index is 0. The second-order valence-corrected chi connectivity index (χ2v) is 17.2. The van der Waals surface area contributed by atoms with Gasteiger partial charge in [0.1, 0.15) is 43.2 Å². The minimum atomic E-state index is -4.60. The number of hydrogen-bond acceptors (Lipinski definition) is 8. The molecule has 0 saturated carbocycles. The molecule has 0 saturated heterocycles. The molecule has 0 bridgehead atoms. The Morgan fingerprint density at radius 2 is 0.719 bits per heavy atom. The van der Waals surface area contributed by atoms with Gasteiger partial charge in [-0.25, -0.2) is 16.8 Å². The normalized spacial score (nSPS) is 11.3. The van der Waals surface area contributed by atoms with Crippen molar-refractivity contribution >= 4 is 58.0 Å². The number of unbranched alkanes of at least 4 members (excludes halogenated alkanes) is 16. The minimum Gasteiger partial charge on any atom is -0.744 e. The second kappa shape index (κ2) is 28.9. The van der Waals surface area contributed by atoms with Crippen molar-refractivity contribution in [2.45, 2.75) is 152 Å². The molecule has 0 spiro atoms. The molecule has 4 aromatic rings. The predicted octanol–water partition coefficient (Wildman–Crippen LogP) is 12.5. The SMILES string of the molecule is CCCCCCCCCCCc1ccc(Oc2ccccc2)c(S(=O)(=O)[O-])c1.CCCCCCCCCCCc1ccc(Oc2ccccc2)c(S(=O)(=O)[O-])c1.[Ca+2]. The van der Waals surface area contributed by atoms with Gasteiger partial charge in [0.15, 0.2) is 0 Å². The van der Waals surface area contributed by atoms with Crippen LogP contribution in [0.4, 0.5) is 0 Å². The van der Waals surface area contributed by atoms with Crippen molar-refractivity contribution in [3.8, 4) is 23.0 Å². The average molecular weight is 847 g/mol. The maximum Gasteiger partial charge on any atom is 2.00 e. The summed E-state index contributed by atoms with van der Waals surface area (Å²) in [5.74, 6) is 1.16. The average Bonchev–Trinajstić information content (AvgIpc) is 3.18. The smallest absolute Gasteiger partial charge is 0.744 e. The molecule has 0 aliphatic carbocycles. The topological polar surface area (TPSA) is 133 Å². The van der Waals surface area contributed by atoms with E-state index >= 15 is 0 Å². The van der Waals surface area contributed by atoms with Crippen LogP contribution < -0.4 is 9.47 Å². The fraction of sp³-hybridized carbons (Fsp3) is 0.478. The van der Waals surface area contributed by atoms with E-state index in [4.69, 9.17) is 9.47 Å². The van der Waals surface area contributed by atoms with E-state index in [2.05, 4.69) is 13.8 Å². The van der Waals surface area contributed by atoms with Gasteiger partial charge < -0.3 is 18.6 Å². The van der Waals surface area contributed by atoms with E-state index in [0.717, 1.165) is 49.7 Å². The van der Waals surface area contributed by atoms with Crippen LogP contribution in [0.3, 0.4) is 0 Å². The molecule has 11 heteroatoms. The van der Waals surface area contributed by atoms with Crippen molar-refractivity contribution < 1.29 is 35.4 Å². The molecule has 308 valence electrons. The molecule has 8 nitrogen and oxygen atoms in total. The fourth-order valence-corrected chi connectivity index (χ4v) is 7.79. The first-order valence-electron chi connectivity index (χ1n) is 20.6. The molecular formula is C46H62CaO8S2. The van der Waals surface area contributed by atoms with Crippen molar-refractivity contribution in [3.05, 3.63) is 108 Å². The van der Waals surface area contributed by atoms with Crippen molar-refractivity contribution in [3.63, 3.8) is 0 Å². The van der Waals surface area contributed by atoms with Gasteiger partial charge in [0, 0.05) is 0 Å². The van der Waals surface area contributed by atoms with E-state index in [1.54, 1.807) is 60.7 Å². The molecule has 0 amide bonds.